The van der Waals surface area contributed by atoms with Gasteiger partial charge in [0.2, 0.25) is 0 Å². The van der Waals surface area contributed by atoms with Crippen LogP contribution in [0.1, 0.15) is 26.2 Å². The molecule has 0 aromatic rings. The Morgan fingerprint density at radius 3 is 3.00 bits per heavy atom. The quantitative estimate of drug-likeness (QED) is 0.433. The van der Waals surface area contributed by atoms with E-state index >= 15 is 0 Å². The van der Waals surface area contributed by atoms with Crippen LogP contribution in [0.3, 0.4) is 0 Å². The topological polar surface area (TPSA) is 0 Å². The minimum Gasteiger partial charge on any atom is -0.0879 e. The molecule has 0 spiro atoms. The molecule has 9 heavy (non-hydrogen) atoms. The van der Waals surface area contributed by atoms with Crippen LogP contribution in [-0.4, -0.2) is 0 Å². The van der Waals surface area contributed by atoms with Crippen LogP contribution in [0.5, 0.6) is 0 Å². The molecule has 0 amide bonds. The molecule has 0 aromatic heterocycles. The normalized spacial score (nSPS) is 47.9. The smallest absolute Gasteiger partial charge is 0.0176 e. The van der Waals surface area contributed by atoms with E-state index in [2.05, 4.69) is 19.1 Å². The molecule has 2 aliphatic rings. The van der Waals surface area contributed by atoms with Crippen molar-refractivity contribution in [1.29, 1.82) is 0 Å². The second-order valence-corrected chi connectivity index (χ2v) is 3.56. The predicted molar refractivity (Wildman–Crippen MR) is 39.1 cm³/mol. The first-order valence-corrected chi connectivity index (χ1v) is 4.04. The molecule has 50 valence electrons. The van der Waals surface area contributed by atoms with Crippen molar-refractivity contribution in [2.45, 2.75) is 26.2 Å². The van der Waals surface area contributed by atoms with Gasteiger partial charge >= 0.3 is 0 Å². The van der Waals surface area contributed by atoms with Crippen molar-refractivity contribution < 1.29 is 0 Å². The molecular weight excluding hydrogens is 108 g/mol. The van der Waals surface area contributed by atoms with E-state index in [0.717, 1.165) is 17.8 Å². The standard InChI is InChI=1S/C9H14/c1-7-5-6-8-3-2-4-9(7)8/h2,4,7-9H,3,5-6H2,1H3/t7-,8-,9+/m1/s1. The van der Waals surface area contributed by atoms with Gasteiger partial charge in [-0.2, -0.15) is 0 Å². The van der Waals surface area contributed by atoms with Crippen LogP contribution < -0.4 is 0 Å². The van der Waals surface area contributed by atoms with Gasteiger partial charge in [-0.3, -0.25) is 0 Å². The lowest BCUT2D eigenvalue weighted by Crippen LogP contribution is -2.04. The molecule has 0 aliphatic heterocycles. The molecule has 1 saturated carbocycles. The summed E-state index contributed by atoms with van der Waals surface area (Å²) in [6, 6.07) is 0. The molecule has 0 heterocycles. The highest BCUT2D eigenvalue weighted by Crippen LogP contribution is 2.43. The highest BCUT2D eigenvalue weighted by molar-refractivity contribution is 5.05. The highest BCUT2D eigenvalue weighted by atomic mass is 14.4. The molecule has 0 heteroatoms. The van der Waals surface area contributed by atoms with Crippen LogP contribution >= 0.6 is 0 Å². The van der Waals surface area contributed by atoms with Gasteiger partial charge in [0.05, 0.1) is 0 Å². The van der Waals surface area contributed by atoms with Gasteiger partial charge in [-0.25, -0.2) is 0 Å². The van der Waals surface area contributed by atoms with Crippen molar-refractivity contribution in [3.63, 3.8) is 0 Å². The number of rotatable bonds is 0. The third-order valence-electron chi connectivity index (χ3n) is 2.99. The first-order chi connectivity index (χ1) is 4.38. The second kappa shape index (κ2) is 1.86. The molecule has 3 atom stereocenters. The lowest BCUT2D eigenvalue weighted by atomic mass is 9.94. The summed E-state index contributed by atoms with van der Waals surface area (Å²) in [4.78, 5) is 0. The third-order valence-corrected chi connectivity index (χ3v) is 2.99. The maximum absolute atomic E-state index is 2.43. The molecule has 0 radical (unpaired) electrons. The molecule has 0 bridgehead atoms. The molecule has 0 saturated heterocycles. The Bertz CT molecular complexity index is 135. The van der Waals surface area contributed by atoms with E-state index in [4.69, 9.17) is 0 Å². The van der Waals surface area contributed by atoms with Crippen LogP contribution in [-0.2, 0) is 0 Å². The SMILES string of the molecule is C[C@@H]1CC[C@H]2CC=C[C@H]21. The van der Waals surface area contributed by atoms with Gasteiger partial charge < -0.3 is 0 Å². The minimum atomic E-state index is 0.963. The van der Waals surface area contributed by atoms with E-state index in [1.165, 1.54) is 19.3 Å². The van der Waals surface area contributed by atoms with Gasteiger partial charge in [-0.05, 0) is 37.0 Å². The second-order valence-electron chi connectivity index (χ2n) is 3.56. The van der Waals surface area contributed by atoms with Crippen molar-refractivity contribution in [2.24, 2.45) is 17.8 Å². The Hall–Kier alpha value is -0.260. The summed E-state index contributed by atoms with van der Waals surface area (Å²) in [6.07, 6.45) is 9.13. The van der Waals surface area contributed by atoms with E-state index < -0.39 is 0 Å². The fourth-order valence-corrected chi connectivity index (χ4v) is 2.36. The molecule has 0 nitrogen and oxygen atoms in total. The Morgan fingerprint density at radius 1 is 1.33 bits per heavy atom. The van der Waals surface area contributed by atoms with Gasteiger partial charge in [0.15, 0.2) is 0 Å². The van der Waals surface area contributed by atoms with Crippen molar-refractivity contribution >= 4 is 0 Å². The zero-order valence-corrected chi connectivity index (χ0v) is 6.01. The molecule has 2 rings (SSSR count). The van der Waals surface area contributed by atoms with Crippen molar-refractivity contribution in [3.8, 4) is 0 Å². The highest BCUT2D eigenvalue weighted by Gasteiger charge is 2.32. The van der Waals surface area contributed by atoms with Gasteiger partial charge in [0, 0.05) is 0 Å². The predicted octanol–water partition coefficient (Wildman–Crippen LogP) is 2.61. The summed E-state index contributed by atoms with van der Waals surface area (Å²) in [5.74, 6) is 2.98. The summed E-state index contributed by atoms with van der Waals surface area (Å²) >= 11 is 0. The average molecular weight is 122 g/mol. The first kappa shape index (κ1) is 5.52. The van der Waals surface area contributed by atoms with Crippen LogP contribution in [0.2, 0.25) is 0 Å². The molecule has 2 aliphatic carbocycles. The van der Waals surface area contributed by atoms with Gasteiger partial charge in [-0.15, -0.1) is 0 Å². The summed E-state index contributed by atoms with van der Waals surface area (Å²) in [5.41, 5.74) is 0. The van der Waals surface area contributed by atoms with E-state index in [1.54, 1.807) is 0 Å². The van der Waals surface area contributed by atoms with E-state index in [0.29, 0.717) is 0 Å². The van der Waals surface area contributed by atoms with E-state index in [1.807, 2.05) is 0 Å². The Balaban J connectivity index is 2.15. The van der Waals surface area contributed by atoms with Gasteiger partial charge in [-0.1, -0.05) is 19.1 Å². The zero-order chi connectivity index (χ0) is 6.27. The monoisotopic (exact) mass is 122 g/mol. The van der Waals surface area contributed by atoms with Crippen LogP contribution in [0.4, 0.5) is 0 Å². The first-order valence-electron chi connectivity index (χ1n) is 4.04. The molecular formula is C9H14. The fourth-order valence-electron chi connectivity index (χ4n) is 2.36. The Labute approximate surface area is 57.0 Å². The van der Waals surface area contributed by atoms with E-state index in [-0.39, 0.29) is 0 Å². The minimum absolute atomic E-state index is 0.963. The Morgan fingerprint density at radius 2 is 2.22 bits per heavy atom. The number of hydrogen-bond donors (Lipinski definition) is 0. The van der Waals surface area contributed by atoms with Crippen LogP contribution in [0, 0.1) is 17.8 Å². The summed E-state index contributed by atoms with van der Waals surface area (Å²) in [7, 11) is 0. The third kappa shape index (κ3) is 0.726. The number of hydrogen-bond acceptors (Lipinski definition) is 0. The molecule has 0 N–H and O–H groups in total. The van der Waals surface area contributed by atoms with Crippen molar-refractivity contribution in [3.05, 3.63) is 12.2 Å². The van der Waals surface area contributed by atoms with Gasteiger partial charge in [0.25, 0.3) is 0 Å². The summed E-state index contributed by atoms with van der Waals surface area (Å²) < 4.78 is 0. The number of allylic oxidation sites excluding steroid dienone is 2. The van der Waals surface area contributed by atoms with E-state index in [9.17, 15) is 0 Å². The average Bonchev–Trinajstić information content (AvgIpc) is 2.35. The molecule has 0 aromatic carbocycles. The number of fused-ring (bicyclic) bond motifs is 1. The largest absolute Gasteiger partial charge is 0.0879 e. The van der Waals surface area contributed by atoms with Crippen molar-refractivity contribution in [1.82, 2.24) is 0 Å². The maximum Gasteiger partial charge on any atom is -0.0176 e. The van der Waals surface area contributed by atoms with Gasteiger partial charge in [0.1, 0.15) is 0 Å². The van der Waals surface area contributed by atoms with Crippen molar-refractivity contribution in [2.75, 3.05) is 0 Å². The molecule has 0 unspecified atom stereocenters. The summed E-state index contributed by atoms with van der Waals surface area (Å²) in [6.45, 7) is 2.39. The lowest BCUT2D eigenvalue weighted by Gasteiger charge is -2.10. The zero-order valence-electron chi connectivity index (χ0n) is 6.01. The Kier molecular flexibility index (Phi) is 1.14. The summed E-state index contributed by atoms with van der Waals surface area (Å²) in [5, 5.41) is 0. The van der Waals surface area contributed by atoms with Crippen LogP contribution in [0.15, 0.2) is 12.2 Å². The molecule has 1 fully saturated rings. The maximum atomic E-state index is 2.43. The van der Waals surface area contributed by atoms with Crippen LogP contribution in [0.25, 0.3) is 0 Å². The fraction of sp³-hybridized carbons (Fsp3) is 0.778. The lowest BCUT2D eigenvalue weighted by molar-refractivity contribution is 0.428.